The van der Waals surface area contributed by atoms with Gasteiger partial charge < -0.3 is 5.32 Å². The molecule has 1 rings (SSSR count). The van der Waals surface area contributed by atoms with E-state index in [2.05, 4.69) is 10.0 Å². The van der Waals surface area contributed by atoms with Gasteiger partial charge in [-0.25, -0.2) is 21.9 Å². The SMILES string of the molecule is CNCc1cc(F)c(F)c(S(=O)(=O)NCCCSC)c1. The van der Waals surface area contributed by atoms with Crippen molar-refractivity contribution < 1.29 is 17.2 Å². The van der Waals surface area contributed by atoms with Crippen LogP contribution in [0.2, 0.25) is 0 Å². The Hall–Kier alpha value is -0.700. The first-order valence-corrected chi connectivity index (χ1v) is 8.91. The fraction of sp³-hybridized carbons (Fsp3) is 0.500. The van der Waals surface area contributed by atoms with Crippen LogP contribution >= 0.6 is 11.8 Å². The Morgan fingerprint density at radius 3 is 2.60 bits per heavy atom. The third-order valence-corrected chi connectivity index (χ3v) is 4.70. The zero-order valence-electron chi connectivity index (χ0n) is 11.4. The van der Waals surface area contributed by atoms with E-state index < -0.39 is 26.6 Å². The van der Waals surface area contributed by atoms with Gasteiger partial charge in [0.05, 0.1) is 0 Å². The lowest BCUT2D eigenvalue weighted by Crippen LogP contribution is -2.26. The molecule has 4 nitrogen and oxygen atoms in total. The third kappa shape index (κ3) is 4.69. The van der Waals surface area contributed by atoms with Crippen molar-refractivity contribution in [1.29, 1.82) is 0 Å². The van der Waals surface area contributed by atoms with Gasteiger partial charge in [-0.3, -0.25) is 0 Å². The van der Waals surface area contributed by atoms with Crippen LogP contribution in [0, 0.1) is 11.6 Å². The van der Waals surface area contributed by atoms with Crippen molar-refractivity contribution in [2.45, 2.75) is 17.9 Å². The maximum Gasteiger partial charge on any atom is 0.243 e. The summed E-state index contributed by atoms with van der Waals surface area (Å²) in [5.74, 6) is -1.72. The van der Waals surface area contributed by atoms with Crippen LogP contribution in [0.25, 0.3) is 0 Å². The average molecular weight is 324 g/mol. The van der Waals surface area contributed by atoms with E-state index in [-0.39, 0.29) is 13.1 Å². The van der Waals surface area contributed by atoms with Crippen LogP contribution in [0.15, 0.2) is 17.0 Å². The zero-order valence-corrected chi connectivity index (χ0v) is 13.0. The molecule has 0 saturated heterocycles. The molecular weight excluding hydrogens is 306 g/mol. The number of nitrogens with one attached hydrogen (secondary N) is 2. The second-order valence-corrected chi connectivity index (χ2v) is 6.89. The van der Waals surface area contributed by atoms with E-state index in [1.807, 2.05) is 6.26 Å². The molecule has 20 heavy (non-hydrogen) atoms. The predicted octanol–water partition coefficient (Wildman–Crippen LogP) is 1.72. The predicted molar refractivity (Wildman–Crippen MR) is 77.3 cm³/mol. The molecule has 0 heterocycles. The summed E-state index contributed by atoms with van der Waals surface area (Å²) in [5, 5.41) is 2.76. The average Bonchev–Trinajstić information content (AvgIpc) is 2.39. The molecule has 0 aromatic heterocycles. The number of sulfonamides is 1. The smallest absolute Gasteiger partial charge is 0.243 e. The van der Waals surface area contributed by atoms with Crippen molar-refractivity contribution in [2.75, 3.05) is 25.6 Å². The minimum atomic E-state index is -4.04. The summed E-state index contributed by atoms with van der Waals surface area (Å²) in [6.07, 6.45) is 2.53. The second-order valence-electron chi connectivity index (χ2n) is 4.16. The van der Waals surface area contributed by atoms with E-state index in [1.165, 1.54) is 0 Å². The zero-order chi connectivity index (χ0) is 15.2. The maximum atomic E-state index is 13.7. The first-order chi connectivity index (χ1) is 9.42. The van der Waals surface area contributed by atoms with Crippen molar-refractivity contribution in [3.8, 4) is 0 Å². The van der Waals surface area contributed by atoms with E-state index in [0.29, 0.717) is 12.0 Å². The molecule has 0 spiro atoms. The third-order valence-electron chi connectivity index (χ3n) is 2.54. The van der Waals surface area contributed by atoms with Crippen LogP contribution in [-0.2, 0) is 16.6 Å². The molecule has 0 unspecified atom stereocenters. The summed E-state index contributed by atoms with van der Waals surface area (Å²) >= 11 is 1.59. The number of benzene rings is 1. The highest BCUT2D eigenvalue weighted by molar-refractivity contribution is 7.98. The van der Waals surface area contributed by atoms with Crippen LogP contribution in [-0.4, -0.2) is 34.0 Å². The second kappa shape index (κ2) is 7.92. The molecule has 0 aliphatic heterocycles. The van der Waals surface area contributed by atoms with Crippen LogP contribution in [0.5, 0.6) is 0 Å². The van der Waals surface area contributed by atoms with Crippen LogP contribution in [0.3, 0.4) is 0 Å². The molecule has 1 aromatic rings. The minimum absolute atomic E-state index is 0.195. The van der Waals surface area contributed by atoms with E-state index in [4.69, 9.17) is 0 Å². The lowest BCUT2D eigenvalue weighted by Gasteiger charge is -2.10. The van der Waals surface area contributed by atoms with Gasteiger partial charge in [0, 0.05) is 13.1 Å². The summed E-state index contributed by atoms with van der Waals surface area (Å²) < 4.78 is 53.4. The lowest BCUT2D eigenvalue weighted by atomic mass is 10.2. The molecule has 0 amide bonds. The molecule has 2 N–H and O–H groups in total. The van der Waals surface area contributed by atoms with Gasteiger partial charge >= 0.3 is 0 Å². The van der Waals surface area contributed by atoms with Crippen LogP contribution in [0.1, 0.15) is 12.0 Å². The largest absolute Gasteiger partial charge is 0.316 e. The van der Waals surface area contributed by atoms with Gasteiger partial charge in [-0.15, -0.1) is 0 Å². The van der Waals surface area contributed by atoms with Crippen molar-refractivity contribution >= 4 is 21.8 Å². The Balaban J connectivity index is 2.98. The maximum absolute atomic E-state index is 13.7. The molecule has 114 valence electrons. The standard InChI is InChI=1S/C12H18F2N2O2S2/c1-15-8-9-6-10(13)12(14)11(7-9)20(17,18)16-4-3-5-19-2/h6-7,15-16H,3-5,8H2,1-2H3. The summed E-state index contributed by atoms with van der Waals surface area (Å²) in [6.45, 7) is 0.451. The molecule has 0 bridgehead atoms. The van der Waals surface area contributed by atoms with Crippen molar-refractivity contribution in [3.63, 3.8) is 0 Å². The molecule has 0 aliphatic carbocycles. The monoisotopic (exact) mass is 324 g/mol. The molecule has 0 aliphatic rings. The van der Waals surface area contributed by atoms with Crippen molar-refractivity contribution in [3.05, 3.63) is 29.3 Å². The molecule has 0 radical (unpaired) electrons. The Morgan fingerprint density at radius 1 is 1.30 bits per heavy atom. The summed E-state index contributed by atoms with van der Waals surface area (Å²) in [7, 11) is -2.40. The highest BCUT2D eigenvalue weighted by atomic mass is 32.2. The highest BCUT2D eigenvalue weighted by Crippen LogP contribution is 2.20. The number of hydrogen-bond donors (Lipinski definition) is 2. The van der Waals surface area contributed by atoms with Crippen LogP contribution in [0.4, 0.5) is 8.78 Å². The molecule has 0 saturated carbocycles. The molecule has 0 atom stereocenters. The van der Waals surface area contributed by atoms with Gasteiger partial charge in [0.2, 0.25) is 10.0 Å². The van der Waals surface area contributed by atoms with Gasteiger partial charge in [0.1, 0.15) is 4.90 Å². The normalized spacial score (nSPS) is 11.8. The summed E-state index contributed by atoms with van der Waals surface area (Å²) in [5.41, 5.74) is 0.371. The van der Waals surface area contributed by atoms with Gasteiger partial charge in [-0.05, 0) is 43.2 Å². The van der Waals surface area contributed by atoms with Gasteiger partial charge in [-0.2, -0.15) is 11.8 Å². The topological polar surface area (TPSA) is 58.2 Å². The number of thioether (sulfide) groups is 1. The van der Waals surface area contributed by atoms with Gasteiger partial charge in [0.15, 0.2) is 11.6 Å². The van der Waals surface area contributed by atoms with E-state index in [9.17, 15) is 17.2 Å². The Labute approximate surface area is 122 Å². The van der Waals surface area contributed by atoms with Crippen molar-refractivity contribution in [1.82, 2.24) is 10.0 Å². The summed E-state index contributed by atoms with van der Waals surface area (Å²) in [6, 6.07) is 2.13. The fourth-order valence-corrected chi connectivity index (χ4v) is 3.26. The molecule has 0 fully saturated rings. The van der Waals surface area contributed by atoms with Crippen molar-refractivity contribution in [2.24, 2.45) is 0 Å². The molecule has 8 heteroatoms. The Kier molecular flexibility index (Phi) is 6.87. The number of hydrogen-bond acceptors (Lipinski definition) is 4. The highest BCUT2D eigenvalue weighted by Gasteiger charge is 2.22. The molecule has 1 aromatic carbocycles. The van der Waals surface area contributed by atoms with Gasteiger partial charge in [-0.1, -0.05) is 0 Å². The number of halogens is 2. The fourth-order valence-electron chi connectivity index (χ4n) is 1.62. The Bertz CT molecular complexity index is 551. The first-order valence-electron chi connectivity index (χ1n) is 6.03. The quantitative estimate of drug-likeness (QED) is 0.715. The van der Waals surface area contributed by atoms with Gasteiger partial charge in [0.25, 0.3) is 0 Å². The van der Waals surface area contributed by atoms with E-state index in [1.54, 1.807) is 18.8 Å². The molecular formula is C12H18F2N2O2S2. The van der Waals surface area contributed by atoms with Crippen LogP contribution < -0.4 is 10.0 Å². The lowest BCUT2D eigenvalue weighted by molar-refractivity contribution is 0.480. The Morgan fingerprint density at radius 2 is 2.00 bits per heavy atom. The van der Waals surface area contributed by atoms with E-state index in [0.717, 1.165) is 17.9 Å². The number of rotatable bonds is 8. The van der Waals surface area contributed by atoms with E-state index >= 15 is 0 Å². The first kappa shape index (κ1) is 17.4. The summed E-state index contributed by atoms with van der Waals surface area (Å²) in [4.78, 5) is -0.646. The minimum Gasteiger partial charge on any atom is -0.316 e.